The predicted molar refractivity (Wildman–Crippen MR) is 443 cm³/mol. The lowest BCUT2D eigenvalue weighted by atomic mass is 9.86. The highest BCUT2D eigenvalue weighted by Gasteiger charge is 2.53. The first kappa shape index (κ1) is 95.7. The number of aliphatic hydroxyl groups is 8. The van der Waals surface area contributed by atoms with Gasteiger partial charge in [0.1, 0.15) is 126 Å². The van der Waals surface area contributed by atoms with E-state index >= 15 is 24.0 Å². The molecular formula is C84H93Cl2F3N10O29S. The molecule has 23 atom stereocenters. The molecule has 129 heavy (non-hydrogen) atoms. The molecule has 0 radical (unpaired) electrons. The average Bonchev–Trinajstić information content (AvgIpc) is 1.54. The van der Waals surface area contributed by atoms with Gasteiger partial charge in [0.25, 0.3) is 0 Å². The van der Waals surface area contributed by atoms with Crippen LogP contribution in [0.3, 0.4) is 0 Å². The van der Waals surface area contributed by atoms with Crippen LogP contribution in [0.2, 0.25) is 10.0 Å². The van der Waals surface area contributed by atoms with Crippen molar-refractivity contribution >= 4 is 81.9 Å². The molecule has 3 saturated heterocycles. The van der Waals surface area contributed by atoms with E-state index in [1.165, 1.54) is 56.5 Å². The van der Waals surface area contributed by atoms with Gasteiger partial charge in [-0.2, -0.15) is 0 Å². The second kappa shape index (κ2) is 39.4. The first-order chi connectivity index (χ1) is 61.0. The Morgan fingerprint density at radius 3 is 1.93 bits per heavy atom. The molecule has 0 saturated carbocycles. The topological polar surface area (TPSA) is 611 Å². The van der Waals surface area contributed by atoms with Gasteiger partial charge in [0, 0.05) is 57.6 Å². The Morgan fingerprint density at radius 2 is 1.30 bits per heavy atom. The number of aliphatic carboxylic acids is 1. The van der Waals surface area contributed by atoms with Crippen molar-refractivity contribution in [3.63, 3.8) is 0 Å². The van der Waals surface area contributed by atoms with Crippen LogP contribution in [0.15, 0.2) is 115 Å². The number of rotatable bonds is 21. The summed E-state index contributed by atoms with van der Waals surface area (Å²) in [6.07, 6.45) is -34.8. The standard InChI is InChI=1S/C84H93Cl2F3N10O29S/c1-31(2)18-45(92-5)74(112)98-62-64(105)35-9-15-49(43(85)20-35)121-51-22-37-23-52(71(51)126-82-69(110)67(108)72(54(30-100)124-82)127-81-68(109)66(107)65(106)53(123-81)29-93-28-40-13-17-55(129-40)33-6-11-39(12-7-33)128-84(87,88)89)122-50-16-10-36(21-44(50)86)70(125-57-27-83(4,91)73(111)32(3)120-57)63-79(117)97-61(80(118)119)42-24-38(101)25-48(103)58(42)41-19-34(8-14-47(41)102)59(76(114)99-63)96-77(115)60(37)95-75(113)46(26-56(90)104)94-78(62)116/h6-17,19-25,31-32,45-46,53-54,57,59-70,72-73,81-82,92-93,100-103,105-111H,18,26-30,91H2,1-5H3,(H2,90,104)(H,94,116)(H,95,113)(H,96,115)(H,97,117)(H,98,112)(H,99,114)(H,118,119)/t32-,45+,46+,53+,54+,57?,59-,60+,61-,62?,63-,64+,65-,66-,67+,68+,69+,70+,72+,73-,81-,82-,83-/m0/s1. The number of nitrogens with two attached hydrogens (primary N) is 2. The third-order valence-corrected chi connectivity index (χ3v) is 24.1. The Labute approximate surface area is 744 Å². The van der Waals surface area contributed by atoms with E-state index in [0.717, 1.165) is 78.9 Å². The van der Waals surface area contributed by atoms with Gasteiger partial charge in [-0.1, -0.05) is 55.2 Å². The maximum atomic E-state index is 16.4. The maximum absolute atomic E-state index is 16.4. The number of hydrogen-bond acceptors (Lipinski definition) is 32. The monoisotopic (exact) mass is 1860 g/mol. The Balaban J connectivity index is 0.946. The SMILES string of the molecule is CN[C@H](CC(C)C)C(=O)NC1C(=O)N[C@H](CC(N)=O)C(=O)N[C@H]2C(=O)N[C@@H]3C(=O)N[C@H](C(=O)N[C@H](C(=O)O)c4cc(O)cc(O)c4-c4cc3ccc4O)[C@H](OC3C[C@](C)(N)[C@@H](O)[C@H](C)O3)c3ccc(c(Cl)c3)Oc3cc2cc(c3O[C@@H]2O[C@H](CO)[C@@H](O[C@@H]3O[C@H](CNCc4ccc(-c5ccc(OC(F)(F)F)cc5)s4)[C@H](O)[C@H](O)[C@H]3O)[C@H](O)[C@H]2O)Oc2ccc(cc2Cl)[C@H]1O. The van der Waals surface area contributed by atoms with Gasteiger partial charge in [0.2, 0.25) is 53.4 Å². The van der Waals surface area contributed by atoms with Crippen molar-refractivity contribution < 1.29 is 155 Å². The predicted octanol–water partition coefficient (Wildman–Crippen LogP) is 2.36. The van der Waals surface area contributed by atoms with Gasteiger partial charge in [-0.15, -0.1) is 24.5 Å². The molecule has 45 heteroatoms. The second-order valence-corrected chi connectivity index (χ2v) is 34.3. The lowest BCUT2D eigenvalue weighted by Crippen LogP contribution is -2.65. The molecule has 11 bridgehead atoms. The van der Waals surface area contributed by atoms with Gasteiger partial charge in [0.05, 0.1) is 41.3 Å². The number of fused-ring (bicyclic) bond motifs is 15. The van der Waals surface area contributed by atoms with Gasteiger partial charge < -0.3 is 158 Å². The molecular weight excluding hydrogens is 1770 g/mol. The van der Waals surface area contributed by atoms with Crippen molar-refractivity contribution in [2.24, 2.45) is 17.4 Å². The molecule has 7 aromatic rings. The van der Waals surface area contributed by atoms with E-state index in [4.69, 9.17) is 72.6 Å². The largest absolute Gasteiger partial charge is 0.573 e. The first-order valence-corrected chi connectivity index (χ1v) is 41.8. The van der Waals surface area contributed by atoms with Gasteiger partial charge >= 0.3 is 12.3 Å². The quantitative estimate of drug-likeness (QED) is 0.0491. The number of primary amides is 1. The molecule has 15 rings (SSSR count). The summed E-state index contributed by atoms with van der Waals surface area (Å²) in [6.45, 7) is 5.14. The highest BCUT2D eigenvalue weighted by Crippen LogP contribution is 2.51. The summed E-state index contributed by atoms with van der Waals surface area (Å²) in [4.78, 5) is 122. The van der Waals surface area contributed by atoms with Crippen LogP contribution in [0.25, 0.3) is 21.6 Å². The van der Waals surface area contributed by atoms with E-state index in [0.29, 0.717) is 15.3 Å². The summed E-state index contributed by atoms with van der Waals surface area (Å²) in [6, 6.07) is 7.17. The summed E-state index contributed by atoms with van der Waals surface area (Å²) >= 11 is 15.7. The van der Waals surface area contributed by atoms with Crippen LogP contribution in [0.5, 0.6) is 51.7 Å². The number of aromatic hydroxyl groups is 3. The van der Waals surface area contributed by atoms with Crippen LogP contribution in [0.4, 0.5) is 13.2 Å². The zero-order valence-corrected chi connectivity index (χ0v) is 71.1. The highest BCUT2D eigenvalue weighted by molar-refractivity contribution is 7.15. The number of halogens is 5. The minimum atomic E-state index is -4.91. The summed E-state index contributed by atoms with van der Waals surface area (Å²) < 4.78 is 93.7. The molecule has 8 aliphatic heterocycles. The first-order valence-electron chi connectivity index (χ1n) is 40.2. The fraction of sp³-hybridized carbons (Fsp3) is 0.429. The number of carboxylic acid groups (broad SMARTS) is 1. The van der Waals surface area contributed by atoms with Crippen LogP contribution >= 0.6 is 34.5 Å². The summed E-state index contributed by atoms with van der Waals surface area (Å²) in [5, 5.41) is 159. The number of likely N-dealkylation sites (N-methyl/N-ethyl adjacent to an activating group) is 1. The molecule has 694 valence electrons. The normalized spacial score (nSPS) is 29.3. The maximum Gasteiger partial charge on any atom is 0.573 e. The number of phenols is 3. The van der Waals surface area contributed by atoms with Crippen LogP contribution in [0.1, 0.15) is 110 Å². The van der Waals surface area contributed by atoms with Crippen molar-refractivity contribution in [1.29, 1.82) is 0 Å². The average molecular weight is 1870 g/mol. The van der Waals surface area contributed by atoms with E-state index in [1.54, 1.807) is 26.0 Å². The van der Waals surface area contributed by atoms with E-state index in [9.17, 15) is 88.8 Å². The number of alkyl halides is 3. The Hall–Kier alpha value is -10.9. The lowest BCUT2D eigenvalue weighted by molar-refractivity contribution is -0.350. The van der Waals surface area contributed by atoms with Crippen LogP contribution < -0.4 is 72.9 Å². The van der Waals surface area contributed by atoms with Crippen molar-refractivity contribution in [3.05, 3.63) is 158 Å². The number of amides is 7. The van der Waals surface area contributed by atoms with Gasteiger partial charge in [-0.3, -0.25) is 33.6 Å². The third-order valence-electron chi connectivity index (χ3n) is 22.4. The molecule has 0 aliphatic carbocycles. The van der Waals surface area contributed by atoms with E-state index in [1.807, 2.05) is 0 Å². The number of hydrogen-bond donors (Lipinski definition) is 22. The Bertz CT molecular complexity index is 5370. The van der Waals surface area contributed by atoms with Crippen LogP contribution in [-0.4, -0.2) is 245 Å². The Kier molecular flexibility index (Phi) is 29.2. The number of carboxylic acids is 1. The second-order valence-electron chi connectivity index (χ2n) is 32.3. The molecule has 3 fully saturated rings. The number of aliphatic hydroxyl groups excluding tert-OH is 8. The van der Waals surface area contributed by atoms with Crippen molar-refractivity contribution in [2.75, 3.05) is 20.2 Å². The van der Waals surface area contributed by atoms with Gasteiger partial charge in [-0.25, -0.2) is 4.79 Å². The number of nitrogens with one attached hydrogen (secondary N) is 8. The smallest absolute Gasteiger partial charge is 0.508 e. The van der Waals surface area contributed by atoms with E-state index in [-0.39, 0.29) is 43.0 Å². The number of benzene rings is 6. The minimum absolute atomic E-state index is 0.0837. The molecule has 2 unspecified atom stereocenters. The zero-order chi connectivity index (χ0) is 93.4. The molecule has 39 nitrogen and oxygen atoms in total. The van der Waals surface area contributed by atoms with Crippen LogP contribution in [-0.2, 0) is 68.6 Å². The minimum Gasteiger partial charge on any atom is -0.508 e. The van der Waals surface area contributed by atoms with E-state index in [2.05, 4.69) is 47.3 Å². The number of ether oxygens (including phenoxy) is 9. The Morgan fingerprint density at radius 1 is 0.674 bits per heavy atom. The van der Waals surface area contributed by atoms with Crippen molar-refractivity contribution in [3.8, 4) is 73.3 Å². The number of thiophene rings is 1. The molecule has 9 heterocycles. The van der Waals surface area contributed by atoms with Crippen LogP contribution in [0, 0.1) is 5.92 Å². The number of phenolic OH excluding ortho intramolecular Hbond substituents is 3. The summed E-state index contributed by atoms with van der Waals surface area (Å²) in [7, 11) is 1.45. The molecule has 7 amide bonds. The van der Waals surface area contributed by atoms with Gasteiger partial charge in [-0.05, 0) is 152 Å². The molecule has 1 aromatic heterocycles. The number of carbonyl (C=O) groups is 8. The fourth-order valence-electron chi connectivity index (χ4n) is 15.8. The molecule has 24 N–H and O–H groups in total. The zero-order valence-electron chi connectivity index (χ0n) is 68.8. The molecule has 6 aromatic carbocycles. The van der Waals surface area contributed by atoms with Gasteiger partial charge in [0.15, 0.2) is 30.1 Å². The molecule has 8 aliphatic rings. The number of carbonyl (C=O) groups excluding carboxylic acids is 7. The van der Waals surface area contributed by atoms with Crippen molar-refractivity contribution in [1.82, 2.24) is 42.5 Å². The lowest BCUT2D eigenvalue weighted by Gasteiger charge is -2.46. The molecule has 0 spiro atoms. The fourth-order valence-corrected chi connectivity index (χ4v) is 17.2. The summed E-state index contributed by atoms with van der Waals surface area (Å²) in [5.74, 6) is -17.4. The highest BCUT2D eigenvalue weighted by atomic mass is 35.5. The van der Waals surface area contributed by atoms with E-state index < -0.39 is 296 Å². The summed E-state index contributed by atoms with van der Waals surface area (Å²) in [5.41, 5.74) is 8.39. The van der Waals surface area contributed by atoms with Crippen molar-refractivity contribution in [2.45, 2.75) is 200 Å². The third kappa shape index (κ3) is 21.4.